The minimum absolute atomic E-state index is 0. The second-order valence-electron chi connectivity index (χ2n) is 20.1. The summed E-state index contributed by atoms with van der Waals surface area (Å²) in [6.07, 6.45) is 17.3. The molecule has 0 saturated heterocycles. The Kier molecular flexibility index (Phi) is 32.5. The topological polar surface area (TPSA) is 36.9 Å². The molecular weight excluding hydrogens is 1230 g/mol. The van der Waals surface area contributed by atoms with E-state index in [1.54, 1.807) is 0 Å². The Labute approximate surface area is 447 Å². The molecule has 0 aromatic heterocycles. The maximum Gasteiger partial charge on any atom is 0.123 e. The van der Waals surface area contributed by atoms with Gasteiger partial charge in [0.2, 0.25) is 0 Å². The lowest BCUT2D eigenvalue weighted by atomic mass is 10.1. The molecule has 12 heteroatoms. The van der Waals surface area contributed by atoms with E-state index in [1.807, 2.05) is 12.1 Å². The Morgan fingerprint density at radius 3 is 0.726 bits per heavy atom. The highest BCUT2D eigenvalue weighted by Crippen LogP contribution is 2.27. The number of hydrogen-bond acceptors (Lipinski definition) is 4. The highest BCUT2D eigenvalue weighted by atomic mass is 127. The van der Waals surface area contributed by atoms with Crippen molar-refractivity contribution in [2.24, 2.45) is 0 Å². The van der Waals surface area contributed by atoms with Crippen molar-refractivity contribution in [1.29, 1.82) is 0 Å². The third-order valence-electron chi connectivity index (χ3n) is 9.65. The van der Waals surface area contributed by atoms with Crippen LogP contribution in [0.2, 0.25) is 0 Å². The van der Waals surface area contributed by atoms with Crippen molar-refractivity contribution in [3.63, 3.8) is 0 Å². The van der Waals surface area contributed by atoms with Crippen LogP contribution in [-0.4, -0.2) is 155 Å². The summed E-state index contributed by atoms with van der Waals surface area (Å²) in [5.41, 5.74) is 4.40. The van der Waals surface area contributed by atoms with Gasteiger partial charge in [0.25, 0.3) is 0 Å². The fraction of sp³-hybridized carbons (Fsp3) is 0.560. The third-order valence-corrected chi connectivity index (χ3v) is 9.65. The van der Waals surface area contributed by atoms with E-state index in [2.05, 4.69) is 157 Å². The Balaban J connectivity index is 0. The van der Waals surface area contributed by atoms with Crippen LogP contribution in [0.5, 0.6) is 23.0 Å². The van der Waals surface area contributed by atoms with Gasteiger partial charge in [-0.3, -0.25) is 0 Å². The quantitative estimate of drug-likeness (QED) is 0.0350. The maximum atomic E-state index is 6.25. The number of nitrogens with zero attached hydrogens (tertiary/aromatic N) is 4. The van der Waals surface area contributed by atoms with Gasteiger partial charge in [0, 0.05) is 12.1 Å². The molecular formula is C50H82I4N4O4. The van der Waals surface area contributed by atoms with Gasteiger partial charge in [0.05, 0.1) is 137 Å². The molecule has 0 amide bonds. The minimum Gasteiger partial charge on any atom is -1.00 e. The number of quaternary nitrogens is 4. The molecule has 0 fully saturated rings. The summed E-state index contributed by atoms with van der Waals surface area (Å²) >= 11 is 0. The van der Waals surface area contributed by atoms with Crippen LogP contribution in [0.25, 0.3) is 24.3 Å². The normalized spacial score (nSPS) is 11.9. The molecule has 3 aromatic rings. The molecule has 3 rings (SSSR count). The molecule has 0 atom stereocenters. The van der Waals surface area contributed by atoms with E-state index in [4.69, 9.17) is 18.9 Å². The fourth-order valence-corrected chi connectivity index (χ4v) is 6.33. The van der Waals surface area contributed by atoms with Crippen LogP contribution in [-0.2, 0) is 0 Å². The Hall–Kier alpha value is -0.900. The molecule has 0 N–H and O–H groups in total. The van der Waals surface area contributed by atoms with Crippen LogP contribution >= 0.6 is 0 Å². The Bertz CT molecular complexity index is 1480. The smallest absolute Gasteiger partial charge is 0.123 e. The minimum atomic E-state index is 0. The van der Waals surface area contributed by atoms with Gasteiger partial charge in [0.15, 0.2) is 0 Å². The largest absolute Gasteiger partial charge is 1.00 e. The van der Waals surface area contributed by atoms with E-state index in [-0.39, 0.29) is 95.9 Å². The lowest BCUT2D eigenvalue weighted by Gasteiger charge is -2.23. The third kappa shape index (κ3) is 31.9. The van der Waals surface area contributed by atoms with Crippen molar-refractivity contribution in [3.8, 4) is 23.0 Å². The molecule has 0 heterocycles. The molecule has 62 heavy (non-hydrogen) atoms. The molecule has 0 spiro atoms. The zero-order valence-corrected chi connectivity index (χ0v) is 49.0. The summed E-state index contributed by atoms with van der Waals surface area (Å²) in [7, 11) is 26.8. The van der Waals surface area contributed by atoms with Gasteiger partial charge in [-0.25, -0.2) is 0 Å². The van der Waals surface area contributed by atoms with Crippen molar-refractivity contribution in [1.82, 2.24) is 0 Å². The van der Waals surface area contributed by atoms with E-state index < -0.39 is 0 Å². The first kappa shape index (κ1) is 63.2. The zero-order chi connectivity index (χ0) is 42.7. The summed E-state index contributed by atoms with van der Waals surface area (Å²) < 4.78 is 28.9. The lowest BCUT2D eigenvalue weighted by molar-refractivity contribution is -0.870. The molecule has 0 aliphatic heterocycles. The van der Waals surface area contributed by atoms with Crippen LogP contribution in [0.15, 0.2) is 60.7 Å². The maximum absolute atomic E-state index is 6.25. The molecule has 0 unspecified atom stereocenters. The van der Waals surface area contributed by atoms with Gasteiger partial charge in [-0.2, -0.15) is 0 Å². The first-order chi connectivity index (χ1) is 27.2. The van der Waals surface area contributed by atoms with Crippen LogP contribution in [0, 0.1) is 0 Å². The number of benzene rings is 3. The van der Waals surface area contributed by atoms with E-state index in [0.29, 0.717) is 26.4 Å². The van der Waals surface area contributed by atoms with E-state index in [0.717, 1.165) is 141 Å². The highest BCUT2D eigenvalue weighted by molar-refractivity contribution is 5.74. The lowest BCUT2D eigenvalue weighted by Crippen LogP contribution is -3.00. The van der Waals surface area contributed by atoms with Crippen molar-refractivity contribution >= 4 is 24.3 Å². The van der Waals surface area contributed by atoms with Crippen molar-refractivity contribution in [2.75, 3.05) is 137 Å². The number of rotatable bonds is 28. The van der Waals surface area contributed by atoms with Crippen molar-refractivity contribution < 1.29 is 133 Å². The van der Waals surface area contributed by atoms with Gasteiger partial charge < -0.3 is 133 Å². The van der Waals surface area contributed by atoms with Gasteiger partial charge in [0.1, 0.15) is 23.0 Å². The summed E-state index contributed by atoms with van der Waals surface area (Å²) in [5.74, 6) is 3.43. The molecule has 3 aromatic carbocycles. The number of ether oxygens (including phenoxy) is 4. The molecule has 0 radical (unpaired) electrons. The first-order valence-corrected chi connectivity index (χ1v) is 21.7. The molecule has 0 aliphatic carbocycles. The van der Waals surface area contributed by atoms with Gasteiger partial charge in [-0.05, 0) is 97.9 Å². The van der Waals surface area contributed by atoms with E-state index in [1.165, 1.54) is 0 Å². The van der Waals surface area contributed by atoms with E-state index in [9.17, 15) is 0 Å². The first-order valence-electron chi connectivity index (χ1n) is 21.7. The standard InChI is InChI=1S/C50H82N4O4.4HI/c1-51(2,3)29-13-17-33-55-47-37-45(38-48(41-47)56-34-18-14-30-52(4,5)6)27-25-43-21-23-44(24-22-43)26-28-46-39-49(57-35-19-15-31-53(7,8)9)42-50(40-46)58-36-20-16-32-54(10,11)12;;;;/h21-28,37-42H,13-20,29-36H2,1-12H3;4*1H/q+4;;;;/p-4/b27-25+,28-26+;;;;. The van der Waals surface area contributed by atoms with Gasteiger partial charge in [-0.1, -0.05) is 48.6 Å². The average molecular weight is 1310 g/mol. The molecule has 0 bridgehead atoms. The Morgan fingerprint density at radius 2 is 0.516 bits per heavy atom. The number of hydrogen-bond donors (Lipinski definition) is 0. The summed E-state index contributed by atoms with van der Waals surface area (Å²) in [6.45, 7) is 7.34. The van der Waals surface area contributed by atoms with Crippen LogP contribution in [0.4, 0.5) is 0 Å². The summed E-state index contributed by atoms with van der Waals surface area (Å²) in [4.78, 5) is 0. The van der Waals surface area contributed by atoms with Crippen LogP contribution < -0.4 is 115 Å². The second kappa shape index (κ2) is 31.9. The van der Waals surface area contributed by atoms with Gasteiger partial charge >= 0.3 is 0 Å². The predicted molar refractivity (Wildman–Crippen MR) is 248 cm³/mol. The summed E-state index contributed by atoms with van der Waals surface area (Å²) in [5, 5.41) is 0. The van der Waals surface area contributed by atoms with Gasteiger partial charge in [-0.15, -0.1) is 0 Å². The molecule has 0 aliphatic rings. The van der Waals surface area contributed by atoms with Crippen molar-refractivity contribution in [3.05, 3.63) is 82.9 Å². The zero-order valence-electron chi connectivity index (χ0n) is 40.3. The Morgan fingerprint density at radius 1 is 0.306 bits per heavy atom. The van der Waals surface area contributed by atoms with E-state index >= 15 is 0 Å². The number of halogens is 4. The van der Waals surface area contributed by atoms with Crippen molar-refractivity contribution in [2.45, 2.75) is 51.4 Å². The van der Waals surface area contributed by atoms with Crippen LogP contribution in [0.3, 0.4) is 0 Å². The molecule has 8 nitrogen and oxygen atoms in total. The SMILES string of the molecule is C[N+](C)(C)CCCCOc1cc(/C=C/c2ccc(/C=C/c3cc(OCCCC[N+](C)(C)C)cc(OCCCC[N+](C)(C)C)c3)cc2)cc(OCCCC[N+](C)(C)C)c1.[I-].[I-].[I-].[I-]. The fourth-order valence-electron chi connectivity index (χ4n) is 6.33. The monoisotopic (exact) mass is 1310 g/mol. The number of unbranched alkanes of at least 4 members (excludes halogenated alkanes) is 4. The highest BCUT2D eigenvalue weighted by Gasteiger charge is 2.11. The summed E-state index contributed by atoms with van der Waals surface area (Å²) in [6, 6.07) is 21.2. The predicted octanol–water partition coefficient (Wildman–Crippen LogP) is -2.50. The molecule has 0 saturated carbocycles. The van der Waals surface area contributed by atoms with Crippen LogP contribution in [0.1, 0.15) is 73.6 Å². The molecule has 354 valence electrons. The average Bonchev–Trinajstić information content (AvgIpc) is 3.11. The second-order valence-corrected chi connectivity index (χ2v) is 20.1.